The molecule has 0 aliphatic carbocycles. The summed E-state index contributed by atoms with van der Waals surface area (Å²) in [5.41, 5.74) is 2.61. The molecule has 0 heterocycles. The lowest BCUT2D eigenvalue weighted by Gasteiger charge is -2.10. The van der Waals surface area contributed by atoms with Crippen LogP contribution >= 0.6 is 0 Å². The Morgan fingerprint density at radius 3 is 0.833 bits per heavy atom. The summed E-state index contributed by atoms with van der Waals surface area (Å²) in [6.45, 7) is 17.4. The van der Waals surface area contributed by atoms with Gasteiger partial charge in [0.2, 0.25) is 0 Å². The molecule has 4 aromatic rings. The smallest absolute Gasteiger partial charge is 0.00992 e. The normalized spacial score (nSPS) is 9.44. The zero-order valence-corrected chi connectivity index (χ0v) is 24.7. The van der Waals surface area contributed by atoms with E-state index in [1.807, 2.05) is 0 Å². The fraction of sp³-hybridized carbons (Fsp3) is 0.444. The van der Waals surface area contributed by atoms with Crippen LogP contribution in [0.2, 0.25) is 0 Å². The Hall–Kier alpha value is -2.60. The average molecular weight is 487 g/mol. The van der Waals surface area contributed by atoms with Crippen molar-refractivity contribution in [3.63, 3.8) is 0 Å². The molecule has 0 aliphatic heterocycles. The minimum absolute atomic E-state index is 1.29. The van der Waals surface area contributed by atoms with Crippen molar-refractivity contribution in [1.82, 2.24) is 0 Å². The summed E-state index contributed by atoms with van der Waals surface area (Å²) >= 11 is 0. The predicted molar refractivity (Wildman–Crippen MR) is 169 cm³/mol. The van der Waals surface area contributed by atoms with Gasteiger partial charge < -0.3 is 0 Å². The van der Waals surface area contributed by atoms with E-state index in [1.54, 1.807) is 0 Å². The van der Waals surface area contributed by atoms with Crippen LogP contribution in [-0.2, 0) is 0 Å². The summed E-state index contributed by atoms with van der Waals surface area (Å²) in [5.74, 6) is 0. The monoisotopic (exact) mass is 486 g/mol. The van der Waals surface area contributed by atoms with E-state index in [-0.39, 0.29) is 0 Å². The van der Waals surface area contributed by atoms with Crippen LogP contribution in [0.1, 0.15) is 107 Å². The Balaban J connectivity index is 0.000000634. The first-order valence-electron chi connectivity index (χ1n) is 14.5. The van der Waals surface area contributed by atoms with E-state index >= 15 is 0 Å². The minimum atomic E-state index is 1.29. The lowest BCUT2D eigenvalue weighted by molar-refractivity contribution is 0.886. The molecule has 0 nitrogen and oxygen atoms in total. The SMILES string of the molecule is CCCC.CCCC.CCCC.CCCC.c1ccc2c(-c3cccc4ccccc34)cccc2c1. The Kier molecular flexibility index (Phi) is 21.2. The van der Waals surface area contributed by atoms with Gasteiger partial charge in [-0.3, -0.25) is 0 Å². The van der Waals surface area contributed by atoms with Crippen LogP contribution in [0.5, 0.6) is 0 Å². The van der Waals surface area contributed by atoms with Crippen LogP contribution in [0.3, 0.4) is 0 Å². The molecule has 0 N–H and O–H groups in total. The van der Waals surface area contributed by atoms with Crippen molar-refractivity contribution in [3.8, 4) is 11.1 Å². The Morgan fingerprint density at radius 2 is 0.556 bits per heavy atom. The third kappa shape index (κ3) is 12.9. The standard InChI is InChI=1S/C20H14.4C4H10/c1-3-11-17-15(7-1)9-5-13-19(17)20-14-6-10-16-8-2-4-12-18(16)20;4*1-3-4-2/h1-14H;4*3-4H2,1-2H3. The maximum atomic E-state index is 2.21. The second-order valence-corrected chi connectivity index (χ2v) is 9.05. The Morgan fingerprint density at radius 1 is 0.306 bits per heavy atom. The van der Waals surface area contributed by atoms with E-state index in [0.29, 0.717) is 0 Å². The van der Waals surface area contributed by atoms with Gasteiger partial charge >= 0.3 is 0 Å². The van der Waals surface area contributed by atoms with Gasteiger partial charge in [-0.15, -0.1) is 0 Å². The molecule has 0 atom stereocenters. The minimum Gasteiger partial charge on any atom is -0.0654 e. The molecule has 0 aromatic heterocycles. The van der Waals surface area contributed by atoms with Crippen LogP contribution in [0.4, 0.5) is 0 Å². The summed E-state index contributed by atoms with van der Waals surface area (Å²) < 4.78 is 0. The molecule has 0 spiro atoms. The quantitative estimate of drug-likeness (QED) is 0.263. The van der Waals surface area contributed by atoms with Crippen molar-refractivity contribution in [2.45, 2.75) is 107 Å². The third-order valence-corrected chi connectivity index (χ3v) is 5.87. The van der Waals surface area contributed by atoms with Gasteiger partial charge in [-0.2, -0.15) is 0 Å². The molecule has 4 rings (SSSR count). The predicted octanol–water partition coefficient (Wildman–Crippen LogP) is 12.9. The van der Waals surface area contributed by atoms with Crippen molar-refractivity contribution in [2.75, 3.05) is 0 Å². The molecule has 198 valence electrons. The van der Waals surface area contributed by atoms with Crippen LogP contribution in [0.15, 0.2) is 84.9 Å². The molecule has 0 bridgehead atoms. The maximum Gasteiger partial charge on any atom is -0.00992 e. The first-order valence-corrected chi connectivity index (χ1v) is 14.5. The molecule has 0 saturated carbocycles. The third-order valence-electron chi connectivity index (χ3n) is 5.87. The van der Waals surface area contributed by atoms with Crippen molar-refractivity contribution in [3.05, 3.63) is 84.9 Å². The van der Waals surface area contributed by atoms with E-state index in [1.165, 1.54) is 84.0 Å². The highest BCUT2D eigenvalue weighted by atomic mass is 14.1. The fourth-order valence-electron chi connectivity index (χ4n) is 2.92. The molecule has 0 amide bonds. The lowest BCUT2D eigenvalue weighted by Crippen LogP contribution is -1.83. The van der Waals surface area contributed by atoms with Gasteiger partial charge in [0.1, 0.15) is 0 Å². The van der Waals surface area contributed by atoms with Gasteiger partial charge in [0, 0.05) is 0 Å². The summed E-state index contributed by atoms with van der Waals surface area (Å²) in [6.07, 6.45) is 10.6. The molecule has 0 saturated heterocycles. The van der Waals surface area contributed by atoms with Gasteiger partial charge in [0.15, 0.2) is 0 Å². The molecular weight excluding hydrogens is 432 g/mol. The van der Waals surface area contributed by atoms with Crippen molar-refractivity contribution < 1.29 is 0 Å². The van der Waals surface area contributed by atoms with Gasteiger partial charge in [-0.25, -0.2) is 0 Å². The first kappa shape index (κ1) is 33.4. The fourth-order valence-corrected chi connectivity index (χ4v) is 2.92. The zero-order chi connectivity index (χ0) is 27.0. The number of unbranched alkanes of at least 4 members (excludes halogenated alkanes) is 4. The number of benzene rings is 4. The Labute approximate surface area is 224 Å². The second kappa shape index (κ2) is 22.8. The first-order chi connectivity index (χ1) is 17.6. The lowest BCUT2D eigenvalue weighted by atomic mass is 9.94. The van der Waals surface area contributed by atoms with Gasteiger partial charge in [0.05, 0.1) is 0 Å². The largest absolute Gasteiger partial charge is 0.0654 e. The van der Waals surface area contributed by atoms with E-state index in [9.17, 15) is 0 Å². The number of rotatable bonds is 5. The molecular formula is C36H54. The van der Waals surface area contributed by atoms with Crippen LogP contribution in [-0.4, -0.2) is 0 Å². The number of fused-ring (bicyclic) bond motifs is 2. The molecule has 36 heavy (non-hydrogen) atoms. The molecule has 0 unspecified atom stereocenters. The number of hydrogen-bond acceptors (Lipinski definition) is 0. The highest BCUT2D eigenvalue weighted by molar-refractivity contribution is 6.05. The summed E-state index contributed by atoms with van der Waals surface area (Å²) in [6, 6.07) is 30.2. The summed E-state index contributed by atoms with van der Waals surface area (Å²) in [4.78, 5) is 0. The summed E-state index contributed by atoms with van der Waals surface area (Å²) in [7, 11) is 0. The summed E-state index contributed by atoms with van der Waals surface area (Å²) in [5, 5.41) is 5.20. The highest BCUT2D eigenvalue weighted by Gasteiger charge is 2.06. The van der Waals surface area contributed by atoms with E-state index in [4.69, 9.17) is 0 Å². The van der Waals surface area contributed by atoms with Crippen molar-refractivity contribution in [2.24, 2.45) is 0 Å². The highest BCUT2D eigenvalue weighted by Crippen LogP contribution is 2.33. The average Bonchev–Trinajstić information content (AvgIpc) is 2.97. The van der Waals surface area contributed by atoms with Gasteiger partial charge in [-0.05, 0) is 32.7 Å². The van der Waals surface area contributed by atoms with Crippen molar-refractivity contribution >= 4 is 21.5 Å². The van der Waals surface area contributed by atoms with Crippen molar-refractivity contribution in [1.29, 1.82) is 0 Å². The second-order valence-electron chi connectivity index (χ2n) is 9.05. The van der Waals surface area contributed by atoms with Crippen LogP contribution in [0.25, 0.3) is 32.7 Å². The molecule has 0 radical (unpaired) electrons. The van der Waals surface area contributed by atoms with E-state index in [2.05, 4.69) is 140 Å². The van der Waals surface area contributed by atoms with E-state index < -0.39 is 0 Å². The molecule has 0 heteroatoms. The molecule has 4 aromatic carbocycles. The topological polar surface area (TPSA) is 0 Å². The zero-order valence-electron chi connectivity index (χ0n) is 24.7. The Bertz CT molecular complexity index is 916. The molecule has 0 aliphatic rings. The number of hydrogen-bond donors (Lipinski definition) is 0. The van der Waals surface area contributed by atoms with Gasteiger partial charge in [0.25, 0.3) is 0 Å². The van der Waals surface area contributed by atoms with Gasteiger partial charge in [-0.1, -0.05) is 192 Å². The molecule has 0 fully saturated rings. The maximum absolute atomic E-state index is 2.21. The van der Waals surface area contributed by atoms with Crippen LogP contribution in [0, 0.1) is 0 Å². The van der Waals surface area contributed by atoms with Crippen LogP contribution < -0.4 is 0 Å². The van der Waals surface area contributed by atoms with E-state index in [0.717, 1.165) is 0 Å².